The minimum Gasteiger partial charge on any atom is -0.472 e. The number of furan rings is 1. The van der Waals surface area contributed by atoms with E-state index in [-0.39, 0.29) is 0 Å². The number of hydrogen-bond donors (Lipinski definition) is 1. The van der Waals surface area contributed by atoms with E-state index in [4.69, 9.17) is 10.2 Å². The summed E-state index contributed by atoms with van der Waals surface area (Å²) in [6, 6.07) is 2.73. The van der Waals surface area contributed by atoms with Gasteiger partial charge < -0.3 is 10.2 Å². The average molecular weight is 208 g/mol. The van der Waals surface area contributed by atoms with Crippen molar-refractivity contribution in [3.05, 3.63) is 24.2 Å². The predicted octanol–water partition coefficient (Wildman–Crippen LogP) is 1.98. The Balaban J connectivity index is 1.92. The molecule has 0 radical (unpaired) electrons. The van der Waals surface area contributed by atoms with Gasteiger partial charge in [-0.25, -0.2) is 0 Å². The second kappa shape index (κ2) is 5.33. The summed E-state index contributed by atoms with van der Waals surface area (Å²) in [4.78, 5) is 2.54. The zero-order chi connectivity index (χ0) is 10.5. The predicted molar refractivity (Wildman–Crippen MR) is 60.4 cm³/mol. The molecule has 1 unspecified atom stereocenters. The van der Waals surface area contributed by atoms with Crippen LogP contribution in [0, 0.1) is 0 Å². The highest BCUT2D eigenvalue weighted by atomic mass is 16.3. The van der Waals surface area contributed by atoms with E-state index in [1.807, 2.05) is 12.3 Å². The van der Waals surface area contributed by atoms with Gasteiger partial charge >= 0.3 is 0 Å². The summed E-state index contributed by atoms with van der Waals surface area (Å²) < 4.78 is 5.10. The standard InChI is InChI=1S/C12H20N2O/c13-6-4-12-3-1-2-7-14(12)9-11-5-8-15-10-11/h5,8,10,12H,1-4,6-7,9,13H2. The van der Waals surface area contributed by atoms with E-state index < -0.39 is 0 Å². The molecule has 2 heterocycles. The highest BCUT2D eigenvalue weighted by Crippen LogP contribution is 2.21. The van der Waals surface area contributed by atoms with Crippen LogP contribution in [0.2, 0.25) is 0 Å². The van der Waals surface area contributed by atoms with Gasteiger partial charge in [-0.2, -0.15) is 0 Å². The Kier molecular flexibility index (Phi) is 3.80. The van der Waals surface area contributed by atoms with Gasteiger partial charge in [0.2, 0.25) is 0 Å². The first-order valence-corrected chi connectivity index (χ1v) is 5.85. The zero-order valence-electron chi connectivity index (χ0n) is 9.19. The maximum absolute atomic E-state index is 5.65. The summed E-state index contributed by atoms with van der Waals surface area (Å²) >= 11 is 0. The van der Waals surface area contributed by atoms with Crippen LogP contribution in [0.5, 0.6) is 0 Å². The number of nitrogens with two attached hydrogens (primary N) is 1. The fourth-order valence-corrected chi connectivity index (χ4v) is 2.40. The Labute approximate surface area is 91.2 Å². The molecule has 1 fully saturated rings. The molecule has 0 bridgehead atoms. The van der Waals surface area contributed by atoms with Gasteiger partial charge in [0.1, 0.15) is 0 Å². The number of rotatable bonds is 4. The third-order valence-electron chi connectivity index (χ3n) is 3.21. The first-order chi connectivity index (χ1) is 7.40. The molecule has 0 aromatic carbocycles. The Bertz CT molecular complexity index is 269. The molecule has 15 heavy (non-hydrogen) atoms. The Morgan fingerprint density at radius 2 is 2.40 bits per heavy atom. The first-order valence-electron chi connectivity index (χ1n) is 5.85. The molecule has 3 nitrogen and oxygen atoms in total. The Morgan fingerprint density at radius 1 is 1.47 bits per heavy atom. The minimum atomic E-state index is 0.679. The number of likely N-dealkylation sites (tertiary alicyclic amines) is 1. The van der Waals surface area contributed by atoms with Crippen molar-refractivity contribution in [1.82, 2.24) is 4.90 Å². The molecule has 0 spiro atoms. The molecule has 0 saturated carbocycles. The maximum Gasteiger partial charge on any atom is 0.0947 e. The number of hydrogen-bond acceptors (Lipinski definition) is 3. The van der Waals surface area contributed by atoms with Gasteiger partial charge in [-0.15, -0.1) is 0 Å². The van der Waals surface area contributed by atoms with E-state index >= 15 is 0 Å². The Hall–Kier alpha value is -0.800. The fourth-order valence-electron chi connectivity index (χ4n) is 2.40. The van der Waals surface area contributed by atoms with Crippen LogP contribution in [-0.2, 0) is 6.54 Å². The van der Waals surface area contributed by atoms with Gasteiger partial charge in [-0.3, -0.25) is 4.90 Å². The molecule has 1 aromatic rings. The monoisotopic (exact) mass is 208 g/mol. The van der Waals surface area contributed by atoms with Gasteiger partial charge in [-0.05, 0) is 38.4 Å². The molecule has 0 aliphatic carbocycles. The van der Waals surface area contributed by atoms with Gasteiger partial charge in [0.25, 0.3) is 0 Å². The lowest BCUT2D eigenvalue weighted by molar-refractivity contribution is 0.134. The van der Waals surface area contributed by atoms with Crippen LogP contribution in [0.4, 0.5) is 0 Å². The van der Waals surface area contributed by atoms with Crippen molar-refractivity contribution in [2.75, 3.05) is 13.1 Å². The molecule has 1 saturated heterocycles. The lowest BCUT2D eigenvalue weighted by Crippen LogP contribution is -2.39. The topological polar surface area (TPSA) is 42.4 Å². The van der Waals surface area contributed by atoms with Crippen LogP contribution in [-0.4, -0.2) is 24.0 Å². The smallest absolute Gasteiger partial charge is 0.0947 e. The summed E-state index contributed by atoms with van der Waals surface area (Å²) in [5.74, 6) is 0. The molecule has 0 amide bonds. The first kappa shape index (κ1) is 10.7. The number of nitrogens with zero attached hydrogens (tertiary/aromatic N) is 1. The number of piperidine rings is 1. The molecule has 84 valence electrons. The molecular weight excluding hydrogens is 188 g/mol. The van der Waals surface area contributed by atoms with Crippen molar-refractivity contribution in [3.8, 4) is 0 Å². The Morgan fingerprint density at radius 3 is 3.13 bits per heavy atom. The zero-order valence-corrected chi connectivity index (χ0v) is 9.19. The van der Waals surface area contributed by atoms with E-state index in [1.165, 1.54) is 31.4 Å². The average Bonchev–Trinajstić information content (AvgIpc) is 2.74. The van der Waals surface area contributed by atoms with E-state index in [1.54, 1.807) is 6.26 Å². The third kappa shape index (κ3) is 2.83. The van der Waals surface area contributed by atoms with E-state index in [0.29, 0.717) is 6.04 Å². The third-order valence-corrected chi connectivity index (χ3v) is 3.21. The lowest BCUT2D eigenvalue weighted by Gasteiger charge is -2.35. The van der Waals surface area contributed by atoms with Crippen molar-refractivity contribution in [2.24, 2.45) is 5.73 Å². The van der Waals surface area contributed by atoms with Crippen molar-refractivity contribution in [1.29, 1.82) is 0 Å². The second-order valence-corrected chi connectivity index (χ2v) is 4.33. The van der Waals surface area contributed by atoms with Crippen LogP contribution in [0.25, 0.3) is 0 Å². The van der Waals surface area contributed by atoms with Gasteiger partial charge in [0, 0.05) is 18.2 Å². The molecule has 2 rings (SSSR count). The lowest BCUT2D eigenvalue weighted by atomic mass is 9.99. The SMILES string of the molecule is NCCC1CCCCN1Cc1ccoc1. The summed E-state index contributed by atoms with van der Waals surface area (Å²) in [5.41, 5.74) is 6.93. The van der Waals surface area contributed by atoms with Crippen LogP contribution in [0.1, 0.15) is 31.2 Å². The molecule has 1 aliphatic rings. The normalized spacial score (nSPS) is 23.1. The molecule has 2 N–H and O–H groups in total. The van der Waals surface area contributed by atoms with E-state index in [9.17, 15) is 0 Å². The highest BCUT2D eigenvalue weighted by molar-refractivity contribution is 5.05. The highest BCUT2D eigenvalue weighted by Gasteiger charge is 2.21. The molecule has 1 aromatic heterocycles. The van der Waals surface area contributed by atoms with Crippen LogP contribution in [0.3, 0.4) is 0 Å². The van der Waals surface area contributed by atoms with Gasteiger partial charge in [0.05, 0.1) is 12.5 Å². The van der Waals surface area contributed by atoms with Crippen LogP contribution in [0.15, 0.2) is 23.0 Å². The van der Waals surface area contributed by atoms with Crippen molar-refractivity contribution in [3.63, 3.8) is 0 Å². The summed E-state index contributed by atoms with van der Waals surface area (Å²) in [6.45, 7) is 3.02. The quantitative estimate of drug-likeness (QED) is 0.822. The largest absolute Gasteiger partial charge is 0.472 e. The van der Waals surface area contributed by atoms with Gasteiger partial charge in [0.15, 0.2) is 0 Å². The minimum absolute atomic E-state index is 0.679. The van der Waals surface area contributed by atoms with Gasteiger partial charge in [-0.1, -0.05) is 6.42 Å². The molecule has 3 heteroatoms. The summed E-state index contributed by atoms with van der Waals surface area (Å²) in [7, 11) is 0. The molecule has 1 aliphatic heterocycles. The van der Waals surface area contributed by atoms with Crippen LogP contribution < -0.4 is 5.73 Å². The van der Waals surface area contributed by atoms with Crippen molar-refractivity contribution >= 4 is 0 Å². The molecule has 1 atom stereocenters. The van der Waals surface area contributed by atoms with E-state index in [2.05, 4.69) is 4.90 Å². The maximum atomic E-state index is 5.65. The van der Waals surface area contributed by atoms with Crippen molar-refractivity contribution < 1.29 is 4.42 Å². The van der Waals surface area contributed by atoms with Crippen molar-refractivity contribution in [2.45, 2.75) is 38.3 Å². The van der Waals surface area contributed by atoms with E-state index in [0.717, 1.165) is 19.5 Å². The second-order valence-electron chi connectivity index (χ2n) is 4.33. The molecular formula is C12H20N2O. The summed E-state index contributed by atoms with van der Waals surface area (Å²) in [6.07, 6.45) is 8.68. The summed E-state index contributed by atoms with van der Waals surface area (Å²) in [5, 5.41) is 0. The fraction of sp³-hybridized carbons (Fsp3) is 0.667. The van der Waals surface area contributed by atoms with Crippen LogP contribution >= 0.6 is 0 Å².